The maximum absolute atomic E-state index is 6.00. The molecule has 0 saturated carbocycles. The van der Waals surface area contributed by atoms with Gasteiger partial charge in [0.05, 0.1) is 0 Å². The zero-order valence-electron chi connectivity index (χ0n) is 14.7. The number of ether oxygens (including phenoxy) is 2. The average molecular weight is 351 g/mol. The van der Waals surface area contributed by atoms with Gasteiger partial charge in [0.15, 0.2) is 8.80 Å². The van der Waals surface area contributed by atoms with Crippen LogP contribution >= 0.6 is 0 Å². The Kier molecular flexibility index (Phi) is 9.33. The lowest BCUT2D eigenvalue weighted by Gasteiger charge is -2.37. The SMILES string of the molecule is CCOC1(OCC)NCC[Si]1C[Si](OCC)(OCC)OCC. The van der Waals surface area contributed by atoms with Crippen molar-refractivity contribution in [3.8, 4) is 0 Å². The minimum atomic E-state index is -2.66. The van der Waals surface area contributed by atoms with Gasteiger partial charge in [-0.3, -0.25) is 5.32 Å². The molecule has 1 rings (SSSR count). The van der Waals surface area contributed by atoms with E-state index in [1.165, 1.54) is 0 Å². The highest BCUT2D eigenvalue weighted by Gasteiger charge is 2.54. The quantitative estimate of drug-likeness (QED) is 0.429. The lowest BCUT2D eigenvalue weighted by atomic mass is 10.7. The highest BCUT2D eigenvalue weighted by atomic mass is 28.4. The molecule has 1 aliphatic heterocycles. The maximum Gasteiger partial charge on any atom is 0.498 e. The van der Waals surface area contributed by atoms with E-state index >= 15 is 0 Å². The van der Waals surface area contributed by atoms with Crippen molar-refractivity contribution >= 4 is 17.6 Å². The molecule has 22 heavy (non-hydrogen) atoms. The normalized spacial score (nSPS) is 19.0. The minimum Gasteiger partial charge on any atom is -0.374 e. The second-order valence-electron chi connectivity index (χ2n) is 4.92. The van der Waals surface area contributed by atoms with E-state index in [0.29, 0.717) is 33.0 Å². The molecule has 0 aromatic heterocycles. The molecule has 6 nitrogen and oxygen atoms in total. The summed E-state index contributed by atoms with van der Waals surface area (Å²) >= 11 is 0. The predicted molar refractivity (Wildman–Crippen MR) is 90.0 cm³/mol. The van der Waals surface area contributed by atoms with Crippen LogP contribution in [-0.2, 0) is 22.8 Å². The molecular weight excluding hydrogens is 318 g/mol. The van der Waals surface area contributed by atoms with Gasteiger partial charge in [0.2, 0.25) is 5.53 Å². The molecule has 1 aliphatic rings. The summed E-state index contributed by atoms with van der Waals surface area (Å²) in [6, 6.07) is 1.06. The minimum absolute atomic E-state index is 0.602. The number of rotatable bonds is 12. The van der Waals surface area contributed by atoms with E-state index in [1.807, 2.05) is 34.6 Å². The Labute approximate surface area is 137 Å². The third kappa shape index (κ3) is 5.10. The number of nitrogens with one attached hydrogen (secondary N) is 1. The van der Waals surface area contributed by atoms with Gasteiger partial charge in [-0.05, 0) is 47.2 Å². The van der Waals surface area contributed by atoms with Gasteiger partial charge in [0, 0.05) is 38.7 Å². The molecule has 0 aromatic carbocycles. The Bertz CT molecular complexity index is 286. The second-order valence-corrected chi connectivity index (χ2v) is 10.9. The summed E-state index contributed by atoms with van der Waals surface area (Å²) in [6.07, 6.45) is 0. The fraction of sp³-hybridized carbons (Fsp3) is 1.00. The first-order valence-electron chi connectivity index (χ1n) is 8.41. The van der Waals surface area contributed by atoms with Crippen molar-refractivity contribution < 1.29 is 22.8 Å². The zero-order valence-corrected chi connectivity index (χ0v) is 16.7. The molecule has 1 N–H and O–H groups in total. The zero-order chi connectivity index (χ0) is 16.5. The molecule has 131 valence electrons. The van der Waals surface area contributed by atoms with Crippen LogP contribution in [0.3, 0.4) is 0 Å². The standard InChI is InChI=1S/C14H32NO5Si2/c1-6-16-14(17-7-2)15-11-12-21(14)13-22(18-8-3,19-9-4)20-10-5/h15H,6-13H2,1-5H3. The Morgan fingerprint density at radius 3 is 1.77 bits per heavy atom. The van der Waals surface area contributed by atoms with Crippen molar-refractivity contribution in [3.05, 3.63) is 0 Å². The summed E-state index contributed by atoms with van der Waals surface area (Å²) in [6.45, 7) is 13.9. The molecular formula is C14H32NO5Si2. The lowest BCUT2D eigenvalue weighted by molar-refractivity contribution is -0.191. The molecule has 0 aromatic rings. The van der Waals surface area contributed by atoms with Gasteiger partial charge in [-0.1, -0.05) is 0 Å². The van der Waals surface area contributed by atoms with Crippen LogP contribution in [0, 0.1) is 0 Å². The van der Waals surface area contributed by atoms with Crippen LogP contribution in [0.15, 0.2) is 0 Å². The van der Waals surface area contributed by atoms with E-state index in [-0.39, 0.29) is 0 Å². The van der Waals surface area contributed by atoms with Crippen LogP contribution in [-0.4, -0.2) is 62.7 Å². The highest BCUT2D eigenvalue weighted by Crippen LogP contribution is 2.30. The van der Waals surface area contributed by atoms with Gasteiger partial charge in [-0.25, -0.2) is 0 Å². The first-order valence-corrected chi connectivity index (χ1v) is 12.3. The number of hydrogen-bond donors (Lipinski definition) is 1. The van der Waals surface area contributed by atoms with Crippen molar-refractivity contribution in [3.63, 3.8) is 0 Å². The molecule has 1 saturated heterocycles. The first-order chi connectivity index (χ1) is 10.6. The fourth-order valence-electron chi connectivity index (χ4n) is 2.83. The van der Waals surface area contributed by atoms with Gasteiger partial charge >= 0.3 is 8.80 Å². The van der Waals surface area contributed by atoms with Crippen molar-refractivity contribution in [2.75, 3.05) is 39.6 Å². The Morgan fingerprint density at radius 2 is 1.36 bits per heavy atom. The van der Waals surface area contributed by atoms with Gasteiger partial charge in [-0.15, -0.1) is 0 Å². The van der Waals surface area contributed by atoms with Crippen LogP contribution in [0.1, 0.15) is 34.6 Å². The van der Waals surface area contributed by atoms with E-state index in [9.17, 15) is 0 Å². The number of hydrogen-bond acceptors (Lipinski definition) is 6. The average Bonchev–Trinajstić information content (AvgIpc) is 2.83. The molecule has 0 spiro atoms. The Hall–Kier alpha value is 0.194. The third-order valence-electron chi connectivity index (χ3n) is 3.47. The molecule has 0 atom stereocenters. The van der Waals surface area contributed by atoms with Crippen LogP contribution in [0.2, 0.25) is 11.7 Å². The summed E-state index contributed by atoms with van der Waals surface area (Å²) in [4.78, 5) is 0. The largest absolute Gasteiger partial charge is 0.498 e. The van der Waals surface area contributed by atoms with Crippen LogP contribution < -0.4 is 5.32 Å². The summed E-state index contributed by atoms with van der Waals surface area (Å²) < 4.78 is 30.0. The van der Waals surface area contributed by atoms with Gasteiger partial charge in [-0.2, -0.15) is 0 Å². The molecule has 0 amide bonds. The van der Waals surface area contributed by atoms with Gasteiger partial charge in [0.25, 0.3) is 0 Å². The van der Waals surface area contributed by atoms with E-state index in [2.05, 4.69) is 5.32 Å². The van der Waals surface area contributed by atoms with E-state index < -0.39 is 23.1 Å². The topological polar surface area (TPSA) is 58.2 Å². The van der Waals surface area contributed by atoms with Crippen LogP contribution in [0.25, 0.3) is 0 Å². The Balaban J connectivity index is 2.92. The molecule has 1 radical (unpaired) electrons. The molecule has 0 aliphatic carbocycles. The molecule has 1 fully saturated rings. The molecule has 8 heteroatoms. The van der Waals surface area contributed by atoms with Crippen molar-refractivity contribution in [2.24, 2.45) is 0 Å². The van der Waals surface area contributed by atoms with Gasteiger partial charge in [0.1, 0.15) is 0 Å². The van der Waals surface area contributed by atoms with Crippen LogP contribution in [0.5, 0.6) is 0 Å². The maximum atomic E-state index is 6.00. The molecule has 1 heterocycles. The van der Waals surface area contributed by atoms with Crippen LogP contribution in [0.4, 0.5) is 0 Å². The summed E-state index contributed by atoms with van der Waals surface area (Å²) in [7, 11) is -3.69. The van der Waals surface area contributed by atoms with Crippen molar-refractivity contribution in [2.45, 2.75) is 51.9 Å². The lowest BCUT2D eigenvalue weighted by Crippen LogP contribution is -2.60. The third-order valence-corrected chi connectivity index (χ3v) is 11.3. The summed E-state index contributed by atoms with van der Waals surface area (Å²) in [5.74, 6) is 0. The summed E-state index contributed by atoms with van der Waals surface area (Å²) in [5, 5.41) is 3.43. The second kappa shape index (κ2) is 10.1. The smallest absolute Gasteiger partial charge is 0.374 e. The molecule has 0 unspecified atom stereocenters. The summed E-state index contributed by atoms with van der Waals surface area (Å²) in [5.41, 5.74) is 0.165. The van der Waals surface area contributed by atoms with Gasteiger partial charge < -0.3 is 22.8 Å². The van der Waals surface area contributed by atoms with Crippen molar-refractivity contribution in [1.82, 2.24) is 5.32 Å². The molecule has 0 bridgehead atoms. The van der Waals surface area contributed by atoms with E-state index in [4.69, 9.17) is 22.8 Å². The monoisotopic (exact) mass is 350 g/mol. The van der Waals surface area contributed by atoms with E-state index in [0.717, 1.165) is 18.3 Å². The predicted octanol–water partition coefficient (Wildman–Crippen LogP) is 1.94. The Morgan fingerprint density at radius 1 is 0.864 bits per heavy atom. The highest BCUT2D eigenvalue weighted by molar-refractivity contribution is 6.80. The van der Waals surface area contributed by atoms with Crippen molar-refractivity contribution in [1.29, 1.82) is 0 Å². The first kappa shape index (κ1) is 20.2. The van der Waals surface area contributed by atoms with E-state index in [1.54, 1.807) is 0 Å². The fourth-order valence-corrected chi connectivity index (χ4v) is 11.2.